The third kappa shape index (κ3) is 3.09. The summed E-state index contributed by atoms with van der Waals surface area (Å²) in [5.41, 5.74) is 8.87. The molecule has 0 saturated carbocycles. The van der Waals surface area contributed by atoms with Gasteiger partial charge in [0.05, 0.1) is 7.11 Å². The molecule has 19 heavy (non-hydrogen) atoms. The minimum atomic E-state index is -0.0414. The van der Waals surface area contributed by atoms with Crippen molar-refractivity contribution < 1.29 is 4.74 Å². The number of benzene rings is 1. The molecule has 0 aliphatic rings. The van der Waals surface area contributed by atoms with Crippen LogP contribution >= 0.6 is 0 Å². The first-order valence-corrected chi connectivity index (χ1v) is 6.31. The van der Waals surface area contributed by atoms with E-state index in [1.807, 2.05) is 44.3 Å². The third-order valence-corrected chi connectivity index (χ3v) is 3.10. The van der Waals surface area contributed by atoms with Crippen molar-refractivity contribution in [1.29, 1.82) is 0 Å². The standard InChI is InChI=1S/C15H19N3O/c1-10(16)13-9-17-15(18-11(13)2)8-12-6-4-5-7-14(12)19-3/h4-7,9-10H,8,16H2,1-3H3/t10-/m0/s1. The van der Waals surface area contributed by atoms with Crippen LogP contribution in [0.2, 0.25) is 0 Å². The average Bonchev–Trinajstić information content (AvgIpc) is 2.39. The highest BCUT2D eigenvalue weighted by Crippen LogP contribution is 2.20. The lowest BCUT2D eigenvalue weighted by Crippen LogP contribution is -2.10. The van der Waals surface area contributed by atoms with Crippen LogP contribution in [0.25, 0.3) is 0 Å². The zero-order chi connectivity index (χ0) is 13.8. The topological polar surface area (TPSA) is 61.0 Å². The largest absolute Gasteiger partial charge is 0.496 e. The molecule has 4 nitrogen and oxygen atoms in total. The fourth-order valence-corrected chi connectivity index (χ4v) is 2.08. The van der Waals surface area contributed by atoms with Crippen LogP contribution in [0.1, 0.15) is 35.6 Å². The fraction of sp³-hybridized carbons (Fsp3) is 0.333. The molecule has 1 aromatic heterocycles. The molecular formula is C15H19N3O. The van der Waals surface area contributed by atoms with Gasteiger partial charge in [0, 0.05) is 35.5 Å². The maximum absolute atomic E-state index is 5.86. The summed E-state index contributed by atoms with van der Waals surface area (Å²) in [6.45, 7) is 3.90. The molecular weight excluding hydrogens is 238 g/mol. The van der Waals surface area contributed by atoms with E-state index in [0.717, 1.165) is 28.4 Å². The molecule has 0 bridgehead atoms. The van der Waals surface area contributed by atoms with Gasteiger partial charge in [-0.2, -0.15) is 0 Å². The van der Waals surface area contributed by atoms with Gasteiger partial charge in [-0.3, -0.25) is 0 Å². The van der Waals surface area contributed by atoms with Crippen molar-refractivity contribution in [3.8, 4) is 5.75 Å². The Labute approximate surface area is 113 Å². The van der Waals surface area contributed by atoms with Crippen molar-refractivity contribution in [1.82, 2.24) is 9.97 Å². The van der Waals surface area contributed by atoms with Gasteiger partial charge in [0.2, 0.25) is 0 Å². The maximum atomic E-state index is 5.86. The van der Waals surface area contributed by atoms with Crippen LogP contribution in [0.4, 0.5) is 0 Å². The predicted octanol–water partition coefficient (Wildman–Crippen LogP) is 2.40. The Hall–Kier alpha value is -1.94. The minimum absolute atomic E-state index is 0.0414. The molecule has 0 radical (unpaired) electrons. The SMILES string of the molecule is COc1ccccc1Cc1ncc([C@H](C)N)c(C)n1. The zero-order valence-electron chi connectivity index (χ0n) is 11.6. The molecule has 0 aliphatic carbocycles. The summed E-state index contributed by atoms with van der Waals surface area (Å²) in [6.07, 6.45) is 2.47. The van der Waals surface area contributed by atoms with Gasteiger partial charge in [-0.1, -0.05) is 18.2 Å². The lowest BCUT2D eigenvalue weighted by Gasteiger charge is -2.11. The van der Waals surface area contributed by atoms with E-state index in [0.29, 0.717) is 6.42 Å². The first-order valence-electron chi connectivity index (χ1n) is 6.31. The lowest BCUT2D eigenvalue weighted by molar-refractivity contribution is 0.410. The smallest absolute Gasteiger partial charge is 0.133 e. The van der Waals surface area contributed by atoms with Crippen molar-refractivity contribution in [3.63, 3.8) is 0 Å². The molecule has 0 saturated heterocycles. The number of rotatable bonds is 4. The molecule has 0 spiro atoms. The van der Waals surface area contributed by atoms with E-state index >= 15 is 0 Å². The Bertz CT molecular complexity index is 567. The molecule has 2 N–H and O–H groups in total. The zero-order valence-corrected chi connectivity index (χ0v) is 11.6. The first-order chi connectivity index (χ1) is 9.11. The highest BCUT2D eigenvalue weighted by Gasteiger charge is 2.09. The molecule has 2 rings (SSSR count). The van der Waals surface area contributed by atoms with Gasteiger partial charge < -0.3 is 10.5 Å². The van der Waals surface area contributed by atoms with Crippen LogP contribution < -0.4 is 10.5 Å². The fourth-order valence-electron chi connectivity index (χ4n) is 2.08. The van der Waals surface area contributed by atoms with E-state index in [2.05, 4.69) is 9.97 Å². The number of hydrogen-bond donors (Lipinski definition) is 1. The van der Waals surface area contributed by atoms with E-state index in [9.17, 15) is 0 Å². The van der Waals surface area contributed by atoms with Gasteiger partial charge in [0.1, 0.15) is 11.6 Å². The summed E-state index contributed by atoms with van der Waals surface area (Å²) in [5, 5.41) is 0. The van der Waals surface area contributed by atoms with Crippen LogP contribution in [0.3, 0.4) is 0 Å². The highest BCUT2D eigenvalue weighted by molar-refractivity contribution is 5.35. The summed E-state index contributed by atoms with van der Waals surface area (Å²) in [7, 11) is 1.67. The maximum Gasteiger partial charge on any atom is 0.133 e. The van der Waals surface area contributed by atoms with Gasteiger partial charge in [-0.05, 0) is 19.9 Å². The van der Waals surface area contributed by atoms with E-state index in [1.165, 1.54) is 0 Å². The van der Waals surface area contributed by atoms with Crippen molar-refractivity contribution >= 4 is 0 Å². The highest BCUT2D eigenvalue weighted by atomic mass is 16.5. The summed E-state index contributed by atoms with van der Waals surface area (Å²) < 4.78 is 5.33. The third-order valence-electron chi connectivity index (χ3n) is 3.10. The number of para-hydroxylation sites is 1. The molecule has 0 fully saturated rings. The van der Waals surface area contributed by atoms with E-state index in [-0.39, 0.29) is 6.04 Å². The quantitative estimate of drug-likeness (QED) is 0.913. The van der Waals surface area contributed by atoms with Gasteiger partial charge in [-0.25, -0.2) is 9.97 Å². The van der Waals surface area contributed by atoms with Crippen molar-refractivity contribution in [2.24, 2.45) is 5.73 Å². The number of ether oxygens (including phenoxy) is 1. The molecule has 100 valence electrons. The van der Waals surface area contributed by atoms with E-state index in [1.54, 1.807) is 7.11 Å². The first kappa shape index (κ1) is 13.5. The minimum Gasteiger partial charge on any atom is -0.496 e. The number of nitrogens with two attached hydrogens (primary N) is 1. The number of aromatic nitrogens is 2. The number of aryl methyl sites for hydroxylation is 1. The van der Waals surface area contributed by atoms with Crippen LogP contribution in [-0.2, 0) is 6.42 Å². The van der Waals surface area contributed by atoms with Crippen LogP contribution in [0, 0.1) is 6.92 Å². The van der Waals surface area contributed by atoms with Gasteiger partial charge in [0.25, 0.3) is 0 Å². The second kappa shape index (κ2) is 5.80. The second-order valence-electron chi connectivity index (χ2n) is 4.60. The second-order valence-corrected chi connectivity index (χ2v) is 4.60. The normalized spacial score (nSPS) is 12.2. The van der Waals surface area contributed by atoms with Crippen molar-refractivity contribution in [3.05, 3.63) is 53.1 Å². The van der Waals surface area contributed by atoms with Gasteiger partial charge >= 0.3 is 0 Å². The lowest BCUT2D eigenvalue weighted by atomic mass is 10.1. The average molecular weight is 257 g/mol. The molecule has 0 aliphatic heterocycles. The molecule has 4 heteroatoms. The molecule has 0 unspecified atom stereocenters. The Balaban J connectivity index is 2.26. The molecule has 1 atom stereocenters. The Kier molecular flexibility index (Phi) is 4.12. The molecule has 1 heterocycles. The van der Waals surface area contributed by atoms with Crippen molar-refractivity contribution in [2.45, 2.75) is 26.3 Å². The monoisotopic (exact) mass is 257 g/mol. The Morgan fingerprint density at radius 1 is 1.32 bits per heavy atom. The van der Waals surface area contributed by atoms with Crippen LogP contribution in [0.15, 0.2) is 30.5 Å². The summed E-state index contributed by atoms with van der Waals surface area (Å²) in [6, 6.07) is 7.87. The number of hydrogen-bond acceptors (Lipinski definition) is 4. The van der Waals surface area contributed by atoms with Crippen molar-refractivity contribution in [2.75, 3.05) is 7.11 Å². The Morgan fingerprint density at radius 3 is 2.68 bits per heavy atom. The van der Waals surface area contributed by atoms with Crippen LogP contribution in [-0.4, -0.2) is 17.1 Å². The molecule has 1 aromatic carbocycles. The van der Waals surface area contributed by atoms with E-state index < -0.39 is 0 Å². The summed E-state index contributed by atoms with van der Waals surface area (Å²) >= 11 is 0. The predicted molar refractivity (Wildman–Crippen MR) is 75.2 cm³/mol. The summed E-state index contributed by atoms with van der Waals surface area (Å²) in [4.78, 5) is 8.90. The van der Waals surface area contributed by atoms with Crippen LogP contribution in [0.5, 0.6) is 5.75 Å². The Morgan fingerprint density at radius 2 is 2.05 bits per heavy atom. The van der Waals surface area contributed by atoms with E-state index in [4.69, 9.17) is 10.5 Å². The van der Waals surface area contributed by atoms with Gasteiger partial charge in [0.15, 0.2) is 0 Å². The summed E-state index contributed by atoms with van der Waals surface area (Å²) in [5.74, 6) is 1.64. The van der Waals surface area contributed by atoms with Gasteiger partial charge in [-0.15, -0.1) is 0 Å². The number of methoxy groups -OCH3 is 1. The molecule has 2 aromatic rings. The number of nitrogens with zero attached hydrogens (tertiary/aromatic N) is 2. The molecule has 0 amide bonds.